The molecule has 86 valence electrons. The van der Waals surface area contributed by atoms with Gasteiger partial charge in [0.15, 0.2) is 0 Å². The van der Waals surface area contributed by atoms with E-state index in [1.807, 2.05) is 7.05 Å². The van der Waals surface area contributed by atoms with Crippen molar-refractivity contribution in [2.75, 3.05) is 12.9 Å². The molecule has 0 radical (unpaired) electrons. The van der Waals surface area contributed by atoms with Gasteiger partial charge in [0, 0.05) is 22.5 Å². The van der Waals surface area contributed by atoms with Crippen molar-refractivity contribution >= 4 is 33.0 Å². The number of nitrogens with one attached hydrogen (secondary N) is 1. The van der Waals surface area contributed by atoms with E-state index in [1.54, 1.807) is 11.3 Å². The molecule has 0 aliphatic heterocycles. The summed E-state index contributed by atoms with van der Waals surface area (Å²) >= 11 is 7.85. The molecule has 0 saturated carbocycles. The Labute approximate surface area is 105 Å². The van der Waals surface area contributed by atoms with Crippen LogP contribution in [-0.2, 0) is 0 Å². The Balaban J connectivity index is 2.36. The van der Waals surface area contributed by atoms with E-state index < -0.39 is 0 Å². The number of fused-ring (bicyclic) bond motifs is 1. The first-order valence-corrected chi connectivity index (χ1v) is 6.88. The summed E-state index contributed by atoms with van der Waals surface area (Å²) in [5.41, 5.74) is 1.33. The standard InChI is InChI=1S/C13H16ClNS/c1-9(15-2)12(8-14)11-4-3-10-5-6-16-13(10)7-11/h3-7,9,12,15H,8H2,1-2H3. The highest BCUT2D eigenvalue weighted by molar-refractivity contribution is 7.17. The average Bonchev–Trinajstić information content (AvgIpc) is 2.77. The van der Waals surface area contributed by atoms with Gasteiger partial charge in [0.1, 0.15) is 0 Å². The fourth-order valence-electron chi connectivity index (χ4n) is 1.91. The second kappa shape index (κ2) is 5.17. The highest BCUT2D eigenvalue weighted by atomic mass is 35.5. The summed E-state index contributed by atoms with van der Waals surface area (Å²) in [6, 6.07) is 9.19. The number of halogens is 1. The zero-order chi connectivity index (χ0) is 11.5. The molecule has 1 nitrogen and oxygen atoms in total. The summed E-state index contributed by atoms with van der Waals surface area (Å²) in [4.78, 5) is 0. The lowest BCUT2D eigenvalue weighted by atomic mass is 9.94. The molecular weight excluding hydrogens is 238 g/mol. The molecule has 2 aromatic rings. The number of thiophene rings is 1. The molecule has 0 bridgehead atoms. The van der Waals surface area contributed by atoms with Gasteiger partial charge in [0.2, 0.25) is 0 Å². The topological polar surface area (TPSA) is 12.0 Å². The summed E-state index contributed by atoms with van der Waals surface area (Å²) in [7, 11) is 1.98. The van der Waals surface area contributed by atoms with Crippen molar-refractivity contribution in [3.8, 4) is 0 Å². The van der Waals surface area contributed by atoms with E-state index in [-0.39, 0.29) is 0 Å². The van der Waals surface area contributed by atoms with Gasteiger partial charge < -0.3 is 5.32 Å². The molecule has 0 aliphatic rings. The summed E-state index contributed by atoms with van der Waals surface area (Å²) in [5.74, 6) is 1.02. The largest absolute Gasteiger partial charge is 0.317 e. The normalized spacial score (nSPS) is 15.2. The SMILES string of the molecule is CNC(C)C(CCl)c1ccc2ccsc2c1. The molecule has 0 spiro atoms. The molecule has 3 heteroatoms. The van der Waals surface area contributed by atoms with Gasteiger partial charge in [-0.3, -0.25) is 0 Å². The summed E-state index contributed by atoms with van der Waals surface area (Å²) in [5, 5.41) is 6.72. The number of alkyl halides is 1. The summed E-state index contributed by atoms with van der Waals surface area (Å²) in [6.45, 7) is 2.17. The van der Waals surface area contributed by atoms with Gasteiger partial charge in [0.05, 0.1) is 0 Å². The van der Waals surface area contributed by atoms with Gasteiger partial charge >= 0.3 is 0 Å². The minimum Gasteiger partial charge on any atom is -0.317 e. The van der Waals surface area contributed by atoms with E-state index in [2.05, 4.69) is 41.9 Å². The van der Waals surface area contributed by atoms with E-state index >= 15 is 0 Å². The van der Waals surface area contributed by atoms with Gasteiger partial charge in [-0.1, -0.05) is 12.1 Å². The van der Waals surface area contributed by atoms with Crippen LogP contribution in [0.5, 0.6) is 0 Å². The van der Waals surface area contributed by atoms with Gasteiger partial charge in [-0.05, 0) is 42.4 Å². The number of likely N-dealkylation sites (N-methyl/N-ethyl adjacent to an activating group) is 1. The first kappa shape index (κ1) is 11.9. The van der Waals surface area contributed by atoms with Crippen molar-refractivity contribution in [1.82, 2.24) is 5.32 Å². The minimum atomic E-state index is 0.373. The van der Waals surface area contributed by atoms with Crippen LogP contribution in [-0.4, -0.2) is 19.0 Å². The predicted octanol–water partition coefficient (Wildman–Crippen LogP) is 3.83. The molecule has 1 aromatic heterocycles. The maximum atomic E-state index is 6.06. The Morgan fingerprint density at radius 2 is 2.19 bits per heavy atom. The zero-order valence-corrected chi connectivity index (χ0v) is 11.1. The first-order valence-electron chi connectivity index (χ1n) is 5.46. The van der Waals surface area contributed by atoms with E-state index in [1.165, 1.54) is 15.6 Å². The number of hydrogen-bond acceptors (Lipinski definition) is 2. The highest BCUT2D eigenvalue weighted by Gasteiger charge is 2.17. The van der Waals surface area contributed by atoms with Gasteiger partial charge in [-0.2, -0.15) is 0 Å². The Hall–Kier alpha value is -0.570. The third-order valence-corrected chi connectivity index (χ3v) is 4.35. The van der Waals surface area contributed by atoms with Gasteiger partial charge in [-0.25, -0.2) is 0 Å². The Bertz CT molecular complexity index is 466. The molecule has 1 heterocycles. The predicted molar refractivity (Wildman–Crippen MR) is 73.8 cm³/mol. The van der Waals surface area contributed by atoms with Crippen molar-refractivity contribution in [1.29, 1.82) is 0 Å². The molecule has 1 N–H and O–H groups in total. The zero-order valence-electron chi connectivity index (χ0n) is 9.53. The smallest absolute Gasteiger partial charge is 0.0345 e. The summed E-state index contributed by atoms with van der Waals surface area (Å²) in [6.07, 6.45) is 0. The second-order valence-corrected chi connectivity index (χ2v) is 5.31. The monoisotopic (exact) mass is 253 g/mol. The van der Waals surface area contributed by atoms with Crippen molar-refractivity contribution in [3.63, 3.8) is 0 Å². The van der Waals surface area contributed by atoms with Crippen LogP contribution in [0.3, 0.4) is 0 Å². The Morgan fingerprint density at radius 1 is 1.38 bits per heavy atom. The van der Waals surface area contributed by atoms with Crippen molar-refractivity contribution < 1.29 is 0 Å². The lowest BCUT2D eigenvalue weighted by Gasteiger charge is -2.21. The second-order valence-electron chi connectivity index (χ2n) is 4.06. The number of hydrogen-bond donors (Lipinski definition) is 1. The van der Waals surface area contributed by atoms with E-state index in [0.717, 1.165) is 0 Å². The van der Waals surface area contributed by atoms with Gasteiger partial charge in [-0.15, -0.1) is 22.9 Å². The Kier molecular flexibility index (Phi) is 3.85. The molecule has 1 aromatic carbocycles. The van der Waals surface area contributed by atoms with E-state index in [0.29, 0.717) is 17.8 Å². The van der Waals surface area contributed by atoms with Crippen molar-refractivity contribution in [2.24, 2.45) is 0 Å². The van der Waals surface area contributed by atoms with E-state index in [4.69, 9.17) is 11.6 Å². The quantitative estimate of drug-likeness (QED) is 0.817. The summed E-state index contributed by atoms with van der Waals surface area (Å²) < 4.78 is 1.34. The molecular formula is C13H16ClNS. The van der Waals surface area contributed by atoms with Crippen LogP contribution >= 0.6 is 22.9 Å². The third kappa shape index (κ3) is 2.24. The number of rotatable bonds is 4. The van der Waals surface area contributed by atoms with E-state index in [9.17, 15) is 0 Å². The molecule has 2 unspecified atom stereocenters. The molecule has 0 amide bonds. The molecule has 2 rings (SSSR count). The van der Waals surface area contributed by atoms with Crippen molar-refractivity contribution in [3.05, 3.63) is 35.2 Å². The Morgan fingerprint density at radius 3 is 2.88 bits per heavy atom. The number of benzene rings is 1. The van der Waals surface area contributed by atoms with Crippen LogP contribution < -0.4 is 5.32 Å². The van der Waals surface area contributed by atoms with Crippen LogP contribution in [0.2, 0.25) is 0 Å². The average molecular weight is 254 g/mol. The molecule has 0 saturated heterocycles. The minimum absolute atomic E-state index is 0.373. The van der Waals surface area contributed by atoms with Crippen LogP contribution in [0.25, 0.3) is 10.1 Å². The fraction of sp³-hybridized carbons (Fsp3) is 0.385. The molecule has 0 fully saturated rings. The van der Waals surface area contributed by atoms with Crippen molar-refractivity contribution in [2.45, 2.75) is 18.9 Å². The molecule has 0 aliphatic carbocycles. The lowest BCUT2D eigenvalue weighted by molar-refractivity contribution is 0.528. The maximum Gasteiger partial charge on any atom is 0.0345 e. The molecule has 2 atom stereocenters. The fourth-order valence-corrected chi connectivity index (χ4v) is 3.20. The third-order valence-electron chi connectivity index (χ3n) is 3.13. The van der Waals surface area contributed by atoms with Crippen LogP contribution in [0.1, 0.15) is 18.4 Å². The maximum absolute atomic E-state index is 6.06. The van der Waals surface area contributed by atoms with Gasteiger partial charge in [0.25, 0.3) is 0 Å². The first-order chi connectivity index (χ1) is 7.76. The molecule has 16 heavy (non-hydrogen) atoms. The van der Waals surface area contributed by atoms with Crippen LogP contribution in [0, 0.1) is 0 Å². The highest BCUT2D eigenvalue weighted by Crippen LogP contribution is 2.28. The van der Waals surface area contributed by atoms with Crippen LogP contribution in [0.15, 0.2) is 29.6 Å². The lowest BCUT2D eigenvalue weighted by Crippen LogP contribution is -2.29. The van der Waals surface area contributed by atoms with Crippen LogP contribution in [0.4, 0.5) is 0 Å².